The molecule has 1 aromatic heterocycles. The zero-order valence-corrected chi connectivity index (χ0v) is 26.3. The predicted molar refractivity (Wildman–Crippen MR) is 177 cm³/mol. The van der Waals surface area contributed by atoms with Gasteiger partial charge in [-0.05, 0) is 86.7 Å². The number of hydrogen-bond donors (Lipinski definition) is 1. The summed E-state index contributed by atoms with van der Waals surface area (Å²) in [5.74, 6) is 2.32. The maximum absolute atomic E-state index is 17.0. The number of benzene rings is 3. The van der Waals surface area contributed by atoms with Crippen molar-refractivity contribution in [3.63, 3.8) is 0 Å². The summed E-state index contributed by atoms with van der Waals surface area (Å²) in [4.78, 5) is 14.7. The molecule has 1 unspecified atom stereocenters. The number of nitrogens with zero attached hydrogens (tertiary/aromatic N) is 4. The van der Waals surface area contributed by atoms with Gasteiger partial charge in [-0.1, -0.05) is 44.0 Å². The van der Waals surface area contributed by atoms with Crippen LogP contribution in [0.3, 0.4) is 0 Å². The second-order valence-corrected chi connectivity index (χ2v) is 12.6. The number of ether oxygens (including phenoxy) is 1. The lowest BCUT2D eigenvalue weighted by Crippen LogP contribution is -2.52. The third-order valence-corrected chi connectivity index (χ3v) is 10.3. The summed E-state index contributed by atoms with van der Waals surface area (Å²) in [6.45, 7) is 9.19. The van der Waals surface area contributed by atoms with E-state index < -0.39 is 11.6 Å². The second-order valence-electron chi connectivity index (χ2n) is 12.6. The van der Waals surface area contributed by atoms with Gasteiger partial charge in [-0.3, -0.25) is 4.90 Å². The Kier molecular flexibility index (Phi) is 8.09. The second kappa shape index (κ2) is 12.2. The average molecular weight is 610 g/mol. The molecule has 4 aliphatic heterocycles. The molecule has 3 saturated heterocycles. The van der Waals surface area contributed by atoms with Crippen LogP contribution in [0.4, 0.5) is 14.6 Å². The molecule has 0 bridgehead atoms. The Bertz CT molecular complexity index is 1790. The van der Waals surface area contributed by atoms with E-state index in [1.54, 1.807) is 6.07 Å². The van der Waals surface area contributed by atoms with Crippen molar-refractivity contribution in [2.24, 2.45) is 0 Å². The number of fused-ring (bicyclic) bond motifs is 4. The maximum atomic E-state index is 17.0. The molecule has 4 aliphatic rings. The number of rotatable bonds is 4. The van der Waals surface area contributed by atoms with Crippen molar-refractivity contribution in [3.8, 4) is 29.5 Å². The summed E-state index contributed by atoms with van der Waals surface area (Å²) in [5.41, 5.74) is 2.36. The van der Waals surface area contributed by atoms with Crippen LogP contribution in [0, 0.1) is 24.0 Å². The molecule has 3 fully saturated rings. The summed E-state index contributed by atoms with van der Waals surface area (Å²) in [6, 6.07) is 11.0. The van der Waals surface area contributed by atoms with E-state index in [-0.39, 0.29) is 28.7 Å². The Morgan fingerprint density at radius 2 is 1.84 bits per heavy atom. The van der Waals surface area contributed by atoms with E-state index in [1.807, 2.05) is 38.1 Å². The third kappa shape index (κ3) is 5.01. The van der Waals surface area contributed by atoms with Crippen LogP contribution in [0.5, 0.6) is 6.01 Å². The van der Waals surface area contributed by atoms with Gasteiger partial charge in [0.05, 0.1) is 11.1 Å². The van der Waals surface area contributed by atoms with Crippen molar-refractivity contribution in [2.75, 3.05) is 44.2 Å². The summed E-state index contributed by atoms with van der Waals surface area (Å²) < 4.78 is 38.3. The largest absolute Gasteiger partial charge is 0.461 e. The van der Waals surface area contributed by atoms with E-state index in [1.165, 1.54) is 18.9 Å². The van der Waals surface area contributed by atoms with Gasteiger partial charge < -0.3 is 15.0 Å². The molecule has 6 nitrogen and oxygen atoms in total. The first-order valence-corrected chi connectivity index (χ1v) is 16.6. The fourth-order valence-electron chi connectivity index (χ4n) is 8.19. The topological polar surface area (TPSA) is 53.5 Å². The van der Waals surface area contributed by atoms with Crippen LogP contribution in [0.2, 0.25) is 0 Å². The average Bonchev–Trinajstić information content (AvgIpc) is 3.65. The lowest BCUT2D eigenvalue weighted by Gasteiger charge is -2.39. The molecule has 0 amide bonds. The number of piperazine rings is 1. The van der Waals surface area contributed by atoms with Crippen LogP contribution in [0.1, 0.15) is 63.5 Å². The summed E-state index contributed by atoms with van der Waals surface area (Å²) in [6.07, 6.45) is 13.1. The first-order chi connectivity index (χ1) is 22.1. The van der Waals surface area contributed by atoms with Crippen LogP contribution in [-0.2, 0) is 6.42 Å². The Morgan fingerprint density at radius 3 is 2.64 bits per heavy atom. The van der Waals surface area contributed by atoms with Crippen molar-refractivity contribution >= 4 is 27.5 Å². The Morgan fingerprint density at radius 1 is 1.02 bits per heavy atom. The number of anilines is 1. The first kappa shape index (κ1) is 29.9. The minimum absolute atomic E-state index is 0.0195. The van der Waals surface area contributed by atoms with Crippen molar-refractivity contribution in [1.29, 1.82) is 0 Å². The minimum Gasteiger partial charge on any atom is -0.461 e. The van der Waals surface area contributed by atoms with Gasteiger partial charge in [0, 0.05) is 42.0 Å². The molecule has 1 N–H and O–H groups in total. The highest BCUT2D eigenvalue weighted by Crippen LogP contribution is 2.43. The Balaban J connectivity index is 0.00000160. The Labute approximate surface area is 264 Å². The van der Waals surface area contributed by atoms with Gasteiger partial charge in [-0.25, -0.2) is 8.78 Å². The van der Waals surface area contributed by atoms with E-state index in [9.17, 15) is 4.39 Å². The highest BCUT2D eigenvalue weighted by molar-refractivity contribution is 6.04. The van der Waals surface area contributed by atoms with Crippen molar-refractivity contribution in [1.82, 2.24) is 20.2 Å². The van der Waals surface area contributed by atoms with Gasteiger partial charge in [-0.2, -0.15) is 9.97 Å². The molecule has 0 saturated carbocycles. The molecule has 5 heterocycles. The summed E-state index contributed by atoms with van der Waals surface area (Å²) >= 11 is 0. The molecule has 8 rings (SSSR count). The number of halogens is 2. The SMILES string of the molecule is C#Cc1c(F)ccc2cccc(-c3cc4c5c(nc(OCC67CCCN6CCC7)nc5c3F)N3CCNCC3CCC4)c12.CC. The van der Waals surface area contributed by atoms with Gasteiger partial charge in [0.2, 0.25) is 0 Å². The molecule has 0 spiro atoms. The van der Waals surface area contributed by atoms with Gasteiger partial charge in [0.1, 0.15) is 23.8 Å². The predicted octanol–water partition coefficient (Wildman–Crippen LogP) is 6.86. The van der Waals surface area contributed by atoms with Crippen molar-refractivity contribution < 1.29 is 13.5 Å². The lowest BCUT2D eigenvalue weighted by atomic mass is 9.89. The molecule has 0 aliphatic carbocycles. The standard InChI is InChI=1S/C35H35F2N5O.C2H6/c1-2-25-28(36)12-11-22-7-4-10-26(29(22)25)27-19-23-8-3-9-24-20-38-15-18-42(24)33-30(23)32(31(27)37)39-34(40-33)43-21-35-13-5-16-41(35)17-6-14-35;1-2/h1,4,7,10-12,19,24,38H,3,5-6,8-9,13-18,20-21H2;1-2H3. The smallest absolute Gasteiger partial charge is 0.319 e. The Hall–Kier alpha value is -3.80. The van der Waals surface area contributed by atoms with Gasteiger partial charge >= 0.3 is 6.01 Å². The molecule has 0 radical (unpaired) electrons. The highest BCUT2D eigenvalue weighted by Gasteiger charge is 2.45. The zero-order valence-electron chi connectivity index (χ0n) is 26.3. The van der Waals surface area contributed by atoms with Gasteiger partial charge in [0.15, 0.2) is 5.82 Å². The molecular formula is C37H41F2N5O. The summed E-state index contributed by atoms with van der Waals surface area (Å²) in [7, 11) is 0. The molecule has 234 valence electrons. The fourth-order valence-corrected chi connectivity index (χ4v) is 8.19. The number of terminal acetylenes is 1. The highest BCUT2D eigenvalue weighted by atomic mass is 19.1. The normalized spacial score (nSPS) is 20.5. The van der Waals surface area contributed by atoms with E-state index in [2.05, 4.69) is 21.0 Å². The van der Waals surface area contributed by atoms with E-state index in [4.69, 9.17) is 21.1 Å². The van der Waals surface area contributed by atoms with Crippen LogP contribution in [0.15, 0.2) is 36.4 Å². The molecule has 4 aromatic rings. The van der Waals surface area contributed by atoms with E-state index in [0.29, 0.717) is 23.1 Å². The molecule has 3 aromatic carbocycles. The number of aryl methyl sites for hydroxylation is 1. The molecule has 45 heavy (non-hydrogen) atoms. The minimum atomic E-state index is -0.490. The lowest BCUT2D eigenvalue weighted by molar-refractivity contribution is 0.108. The van der Waals surface area contributed by atoms with Gasteiger partial charge in [0.25, 0.3) is 0 Å². The van der Waals surface area contributed by atoms with Crippen LogP contribution in [-0.4, -0.2) is 65.8 Å². The number of aromatic nitrogens is 2. The maximum Gasteiger partial charge on any atom is 0.319 e. The monoisotopic (exact) mass is 609 g/mol. The number of nitrogens with one attached hydrogen (secondary N) is 1. The molecular weight excluding hydrogens is 568 g/mol. The molecule has 8 heteroatoms. The van der Waals surface area contributed by atoms with E-state index in [0.717, 1.165) is 87.0 Å². The molecule has 1 atom stereocenters. The number of hydrogen-bond acceptors (Lipinski definition) is 6. The van der Waals surface area contributed by atoms with Crippen LogP contribution >= 0.6 is 0 Å². The van der Waals surface area contributed by atoms with Gasteiger partial charge in [-0.15, -0.1) is 6.42 Å². The van der Waals surface area contributed by atoms with Crippen LogP contribution < -0.4 is 15.0 Å². The fraction of sp³-hybridized carbons (Fsp3) is 0.459. The summed E-state index contributed by atoms with van der Waals surface area (Å²) in [5, 5.41) is 5.58. The third-order valence-electron chi connectivity index (χ3n) is 10.3. The van der Waals surface area contributed by atoms with Crippen molar-refractivity contribution in [3.05, 3.63) is 59.2 Å². The van der Waals surface area contributed by atoms with E-state index >= 15 is 4.39 Å². The zero-order chi connectivity index (χ0) is 31.1. The van der Waals surface area contributed by atoms with Crippen LogP contribution in [0.25, 0.3) is 32.8 Å². The first-order valence-electron chi connectivity index (χ1n) is 16.6. The quantitative estimate of drug-likeness (QED) is 0.255. The van der Waals surface area contributed by atoms with Crippen molar-refractivity contribution in [2.45, 2.75) is 70.4 Å².